The van der Waals surface area contributed by atoms with Crippen LogP contribution < -0.4 is 5.32 Å². The number of carbonyl (C=O) groups is 1. The molecule has 1 aromatic carbocycles. The number of hydrogen-bond acceptors (Lipinski definition) is 4. The summed E-state index contributed by atoms with van der Waals surface area (Å²) in [6.45, 7) is 5.86. The minimum Gasteiger partial charge on any atom is -0.328 e. The summed E-state index contributed by atoms with van der Waals surface area (Å²) in [6.07, 6.45) is -3.76. The number of carbonyl (C=O) groups excluding carboxylic acids is 1. The lowest BCUT2D eigenvalue weighted by Crippen LogP contribution is -2.36. The number of nitrogens with one attached hydrogen (secondary N) is 1. The molecular weight excluding hydrogens is 357 g/mol. The Morgan fingerprint density at radius 1 is 1.19 bits per heavy atom. The number of nitrogens with zero attached hydrogens (tertiary/aromatic N) is 3. The molecule has 5 nitrogen and oxygen atoms in total. The Labute approximate surface area is 154 Å². The standard InChI is InChI=1S/C19H19F3N4O/c1-10-4-6-11(7-5-10)15-14-12(8-18(2,3)9-13(14)27)23-17-24-16(19(20,21)22)25-26(15)17/h4-7,15H,8-9H2,1-3H3,(H,23,24,25). The van der Waals surface area contributed by atoms with E-state index in [1.54, 1.807) is 0 Å². The van der Waals surface area contributed by atoms with Crippen LogP contribution in [0.5, 0.6) is 0 Å². The van der Waals surface area contributed by atoms with Gasteiger partial charge in [0, 0.05) is 17.7 Å². The van der Waals surface area contributed by atoms with Gasteiger partial charge in [-0.15, -0.1) is 5.10 Å². The van der Waals surface area contributed by atoms with Gasteiger partial charge < -0.3 is 5.32 Å². The summed E-state index contributed by atoms with van der Waals surface area (Å²) in [5.74, 6) is -1.28. The van der Waals surface area contributed by atoms with Crippen molar-refractivity contribution in [2.75, 3.05) is 5.32 Å². The van der Waals surface area contributed by atoms with Crippen molar-refractivity contribution < 1.29 is 18.0 Å². The maximum Gasteiger partial charge on any atom is 0.453 e. The molecule has 0 radical (unpaired) electrons. The molecule has 2 aromatic rings. The number of benzene rings is 1. The third-order valence-electron chi connectivity index (χ3n) is 4.98. The fraction of sp³-hybridized carbons (Fsp3) is 0.421. The van der Waals surface area contributed by atoms with Crippen molar-refractivity contribution in [1.29, 1.82) is 0 Å². The predicted molar refractivity (Wildman–Crippen MR) is 93.0 cm³/mol. The van der Waals surface area contributed by atoms with Crippen LogP contribution in [0, 0.1) is 12.3 Å². The van der Waals surface area contributed by atoms with Gasteiger partial charge in [0.05, 0.1) is 0 Å². The van der Waals surface area contributed by atoms with Crippen LogP contribution in [-0.4, -0.2) is 20.5 Å². The molecular formula is C19H19F3N4O. The lowest BCUT2D eigenvalue weighted by atomic mass is 9.73. The molecule has 1 N–H and O–H groups in total. The molecule has 142 valence electrons. The number of aryl methyl sites for hydroxylation is 1. The molecule has 4 rings (SSSR count). The number of aromatic nitrogens is 3. The number of rotatable bonds is 1. The van der Waals surface area contributed by atoms with Crippen molar-refractivity contribution in [1.82, 2.24) is 14.8 Å². The summed E-state index contributed by atoms with van der Waals surface area (Å²) >= 11 is 0. The number of ketones is 1. The van der Waals surface area contributed by atoms with Gasteiger partial charge in [0.25, 0.3) is 5.82 Å². The maximum absolute atomic E-state index is 13.2. The molecule has 0 amide bonds. The molecule has 0 spiro atoms. The molecule has 8 heteroatoms. The first-order valence-corrected chi connectivity index (χ1v) is 8.69. The first-order valence-electron chi connectivity index (χ1n) is 8.69. The van der Waals surface area contributed by atoms with E-state index >= 15 is 0 Å². The van der Waals surface area contributed by atoms with Gasteiger partial charge in [0.2, 0.25) is 5.95 Å². The number of hydrogen-bond donors (Lipinski definition) is 1. The third kappa shape index (κ3) is 3.02. The average Bonchev–Trinajstić information content (AvgIpc) is 2.96. The van der Waals surface area contributed by atoms with Crippen molar-refractivity contribution in [3.8, 4) is 0 Å². The van der Waals surface area contributed by atoms with Crippen molar-refractivity contribution in [3.63, 3.8) is 0 Å². The van der Waals surface area contributed by atoms with E-state index in [0.29, 0.717) is 29.7 Å². The van der Waals surface area contributed by atoms with Gasteiger partial charge >= 0.3 is 6.18 Å². The molecule has 1 aliphatic heterocycles. The second-order valence-electron chi connectivity index (χ2n) is 7.97. The Morgan fingerprint density at radius 2 is 1.85 bits per heavy atom. The van der Waals surface area contributed by atoms with E-state index in [1.807, 2.05) is 45.0 Å². The van der Waals surface area contributed by atoms with Crippen LogP contribution in [0.1, 0.15) is 49.7 Å². The van der Waals surface area contributed by atoms with Crippen molar-refractivity contribution in [2.45, 2.75) is 45.8 Å². The molecule has 2 aliphatic rings. The molecule has 0 saturated heterocycles. The van der Waals surface area contributed by atoms with Gasteiger partial charge in [0.15, 0.2) is 5.78 Å². The molecule has 1 unspecified atom stereocenters. The number of halogens is 3. The van der Waals surface area contributed by atoms with E-state index in [4.69, 9.17) is 0 Å². The Bertz CT molecular complexity index is 954. The third-order valence-corrected chi connectivity index (χ3v) is 4.98. The first-order chi connectivity index (χ1) is 12.5. The lowest BCUT2D eigenvalue weighted by Gasteiger charge is -2.38. The zero-order chi connectivity index (χ0) is 19.6. The van der Waals surface area contributed by atoms with E-state index in [9.17, 15) is 18.0 Å². The second-order valence-corrected chi connectivity index (χ2v) is 7.97. The molecule has 2 heterocycles. The predicted octanol–water partition coefficient (Wildman–Crippen LogP) is 4.26. The second kappa shape index (κ2) is 5.68. The Hall–Kier alpha value is -2.64. The maximum atomic E-state index is 13.2. The smallest absolute Gasteiger partial charge is 0.328 e. The highest BCUT2D eigenvalue weighted by atomic mass is 19.4. The van der Waals surface area contributed by atoms with Crippen LogP contribution >= 0.6 is 0 Å². The highest BCUT2D eigenvalue weighted by Crippen LogP contribution is 2.45. The molecule has 27 heavy (non-hydrogen) atoms. The number of alkyl halides is 3. The van der Waals surface area contributed by atoms with Crippen molar-refractivity contribution >= 4 is 11.7 Å². The summed E-state index contributed by atoms with van der Waals surface area (Å²) in [7, 11) is 0. The van der Waals surface area contributed by atoms with E-state index in [1.165, 1.54) is 4.68 Å². The fourth-order valence-corrected chi connectivity index (χ4v) is 3.79. The highest BCUT2D eigenvalue weighted by molar-refractivity contribution is 6.00. The Kier molecular flexibility index (Phi) is 3.73. The Morgan fingerprint density at radius 3 is 2.48 bits per heavy atom. The molecule has 0 saturated carbocycles. The van der Waals surface area contributed by atoms with Gasteiger partial charge in [0.1, 0.15) is 6.04 Å². The van der Waals surface area contributed by atoms with Crippen LogP contribution in [0.4, 0.5) is 19.1 Å². The first kappa shape index (κ1) is 17.8. The zero-order valence-electron chi connectivity index (χ0n) is 15.2. The van der Waals surface area contributed by atoms with E-state index in [0.717, 1.165) is 5.56 Å². The minimum atomic E-state index is -4.66. The van der Waals surface area contributed by atoms with E-state index in [2.05, 4.69) is 15.4 Å². The lowest BCUT2D eigenvalue weighted by molar-refractivity contribution is -0.145. The molecule has 0 bridgehead atoms. The minimum absolute atomic E-state index is 0.0113. The number of fused-ring (bicyclic) bond motifs is 1. The Balaban J connectivity index is 1.91. The summed E-state index contributed by atoms with van der Waals surface area (Å²) in [5.41, 5.74) is 2.57. The molecule has 0 fully saturated rings. The highest BCUT2D eigenvalue weighted by Gasteiger charge is 2.44. The largest absolute Gasteiger partial charge is 0.453 e. The fourth-order valence-electron chi connectivity index (χ4n) is 3.79. The summed E-state index contributed by atoms with van der Waals surface area (Å²) in [5, 5.41) is 6.63. The van der Waals surface area contributed by atoms with Crippen molar-refractivity contribution in [3.05, 3.63) is 52.5 Å². The van der Waals surface area contributed by atoms with Crippen LogP contribution in [0.15, 0.2) is 35.5 Å². The number of allylic oxidation sites excluding steroid dienone is 2. The van der Waals surface area contributed by atoms with Crippen LogP contribution in [0.2, 0.25) is 0 Å². The molecule has 1 atom stereocenters. The molecule has 1 aliphatic carbocycles. The van der Waals surface area contributed by atoms with Crippen LogP contribution in [0.25, 0.3) is 0 Å². The normalized spacial score (nSPS) is 21.6. The topological polar surface area (TPSA) is 59.8 Å². The molecule has 1 aromatic heterocycles. The van der Waals surface area contributed by atoms with Crippen LogP contribution in [0.3, 0.4) is 0 Å². The van der Waals surface area contributed by atoms with E-state index in [-0.39, 0.29) is 17.1 Å². The summed E-state index contributed by atoms with van der Waals surface area (Å²) < 4.78 is 40.7. The monoisotopic (exact) mass is 376 g/mol. The number of Topliss-reactive ketones (excluding diaryl/α,β-unsaturated/α-hetero) is 1. The zero-order valence-corrected chi connectivity index (χ0v) is 15.2. The quantitative estimate of drug-likeness (QED) is 0.808. The summed E-state index contributed by atoms with van der Waals surface area (Å²) in [6, 6.07) is 6.67. The van der Waals surface area contributed by atoms with E-state index < -0.39 is 18.0 Å². The van der Waals surface area contributed by atoms with Crippen molar-refractivity contribution in [2.24, 2.45) is 5.41 Å². The SMILES string of the molecule is Cc1ccc(C2C3=C(CC(C)(C)CC3=O)Nc3nc(C(F)(F)F)nn32)cc1. The van der Waals surface area contributed by atoms with Crippen LogP contribution in [-0.2, 0) is 11.0 Å². The van der Waals surface area contributed by atoms with Gasteiger partial charge in [-0.3, -0.25) is 4.79 Å². The van der Waals surface area contributed by atoms with Gasteiger partial charge in [-0.2, -0.15) is 18.2 Å². The number of anilines is 1. The van der Waals surface area contributed by atoms with Gasteiger partial charge in [-0.05, 0) is 24.3 Å². The average molecular weight is 376 g/mol. The van der Waals surface area contributed by atoms with Gasteiger partial charge in [-0.25, -0.2) is 4.68 Å². The summed E-state index contributed by atoms with van der Waals surface area (Å²) in [4.78, 5) is 16.6. The van der Waals surface area contributed by atoms with Gasteiger partial charge in [-0.1, -0.05) is 43.7 Å².